The van der Waals surface area contributed by atoms with Crippen molar-refractivity contribution in [2.24, 2.45) is 0 Å². The predicted molar refractivity (Wildman–Crippen MR) is 86.6 cm³/mol. The zero-order valence-electron chi connectivity index (χ0n) is 12.3. The number of hydrogen-bond acceptors (Lipinski definition) is 3. The summed E-state index contributed by atoms with van der Waals surface area (Å²) in [5.74, 6) is 0. The molecule has 20 heavy (non-hydrogen) atoms. The van der Waals surface area contributed by atoms with E-state index in [1.807, 2.05) is 0 Å². The molecule has 0 aromatic heterocycles. The van der Waals surface area contributed by atoms with Gasteiger partial charge in [0.15, 0.2) is 0 Å². The van der Waals surface area contributed by atoms with E-state index in [0.29, 0.717) is 12.2 Å². The molecule has 3 heteroatoms. The topological polar surface area (TPSA) is 21.3 Å². The van der Waals surface area contributed by atoms with E-state index in [0.717, 1.165) is 11.8 Å². The number of anilines is 1. The van der Waals surface area contributed by atoms with Crippen LogP contribution in [0.1, 0.15) is 45.4 Å². The van der Waals surface area contributed by atoms with E-state index >= 15 is 0 Å². The fourth-order valence-electron chi connectivity index (χ4n) is 3.12. The van der Waals surface area contributed by atoms with Crippen LogP contribution in [-0.4, -0.2) is 24.0 Å². The number of nitrogens with one attached hydrogen (secondary N) is 1. The first kappa shape index (κ1) is 14.3. The van der Waals surface area contributed by atoms with Crippen molar-refractivity contribution in [3.63, 3.8) is 0 Å². The van der Waals surface area contributed by atoms with Gasteiger partial charge in [-0.2, -0.15) is 0 Å². The molecule has 2 nitrogen and oxygen atoms in total. The van der Waals surface area contributed by atoms with Gasteiger partial charge in [0.25, 0.3) is 0 Å². The fourth-order valence-corrected chi connectivity index (χ4v) is 4.36. The van der Waals surface area contributed by atoms with Gasteiger partial charge in [-0.3, -0.25) is 0 Å². The summed E-state index contributed by atoms with van der Waals surface area (Å²) in [6, 6.07) is 8.91. The van der Waals surface area contributed by atoms with Crippen LogP contribution in [0.25, 0.3) is 0 Å². The van der Waals surface area contributed by atoms with Crippen LogP contribution < -0.4 is 5.32 Å². The van der Waals surface area contributed by atoms with Crippen LogP contribution in [0.2, 0.25) is 0 Å². The SMILES string of the molecule is CC1CCC(CNc2ccc(SC3CCCC3)cc2)O1. The number of benzene rings is 1. The molecule has 1 heterocycles. The third-order valence-corrected chi connectivity index (χ3v) is 5.66. The maximum absolute atomic E-state index is 5.83. The summed E-state index contributed by atoms with van der Waals surface area (Å²) in [4.78, 5) is 1.41. The third kappa shape index (κ3) is 3.92. The summed E-state index contributed by atoms with van der Waals surface area (Å²) in [5.41, 5.74) is 1.21. The van der Waals surface area contributed by atoms with Crippen LogP contribution in [0.3, 0.4) is 0 Å². The highest BCUT2D eigenvalue weighted by molar-refractivity contribution is 8.00. The Labute approximate surface area is 126 Å². The maximum atomic E-state index is 5.83. The van der Waals surface area contributed by atoms with Crippen LogP contribution in [-0.2, 0) is 4.74 Å². The summed E-state index contributed by atoms with van der Waals surface area (Å²) in [7, 11) is 0. The molecule has 1 aromatic carbocycles. The van der Waals surface area contributed by atoms with Gasteiger partial charge in [0.05, 0.1) is 12.2 Å². The largest absolute Gasteiger partial charge is 0.382 e. The van der Waals surface area contributed by atoms with Crippen LogP contribution in [0.15, 0.2) is 29.2 Å². The van der Waals surface area contributed by atoms with Gasteiger partial charge in [0, 0.05) is 22.4 Å². The Hall–Kier alpha value is -0.670. The number of ether oxygens (including phenoxy) is 1. The molecule has 0 spiro atoms. The van der Waals surface area contributed by atoms with E-state index in [9.17, 15) is 0 Å². The van der Waals surface area contributed by atoms with E-state index in [4.69, 9.17) is 4.74 Å². The van der Waals surface area contributed by atoms with Gasteiger partial charge in [-0.05, 0) is 56.9 Å². The van der Waals surface area contributed by atoms with Crippen LogP contribution in [0, 0.1) is 0 Å². The second-order valence-electron chi connectivity index (χ2n) is 6.08. The Kier molecular flexibility index (Phi) is 4.90. The lowest BCUT2D eigenvalue weighted by atomic mass is 10.2. The molecule has 1 aliphatic heterocycles. The van der Waals surface area contributed by atoms with Gasteiger partial charge in [0.1, 0.15) is 0 Å². The predicted octanol–water partition coefficient (Wildman–Crippen LogP) is 4.70. The molecule has 1 N–H and O–H groups in total. The molecular formula is C17H25NOS. The van der Waals surface area contributed by atoms with Crippen molar-refractivity contribution in [2.45, 2.75) is 67.8 Å². The summed E-state index contributed by atoms with van der Waals surface area (Å²) in [6.45, 7) is 3.09. The van der Waals surface area contributed by atoms with E-state index in [1.54, 1.807) is 0 Å². The van der Waals surface area contributed by atoms with Gasteiger partial charge < -0.3 is 10.1 Å². The lowest BCUT2D eigenvalue weighted by molar-refractivity contribution is 0.0637. The number of rotatable bonds is 5. The minimum absolute atomic E-state index is 0.387. The molecular weight excluding hydrogens is 266 g/mol. The van der Waals surface area contributed by atoms with E-state index in [1.165, 1.54) is 49.1 Å². The lowest BCUT2D eigenvalue weighted by Gasteiger charge is -2.14. The minimum Gasteiger partial charge on any atom is -0.382 e. The molecule has 110 valence electrons. The highest BCUT2D eigenvalue weighted by Gasteiger charge is 2.21. The molecule has 2 aliphatic rings. The average molecular weight is 291 g/mol. The first-order valence-electron chi connectivity index (χ1n) is 7.95. The number of thioether (sulfide) groups is 1. The van der Waals surface area contributed by atoms with Gasteiger partial charge in [-0.25, -0.2) is 0 Å². The number of hydrogen-bond donors (Lipinski definition) is 1. The van der Waals surface area contributed by atoms with Crippen LogP contribution >= 0.6 is 11.8 Å². The molecule has 1 aromatic rings. The summed E-state index contributed by atoms with van der Waals surface area (Å²) >= 11 is 2.05. The molecule has 0 radical (unpaired) electrons. The van der Waals surface area contributed by atoms with Crippen molar-refractivity contribution in [1.82, 2.24) is 0 Å². The van der Waals surface area contributed by atoms with Crippen LogP contribution in [0.5, 0.6) is 0 Å². The zero-order chi connectivity index (χ0) is 13.8. The molecule has 3 rings (SSSR count). The maximum Gasteiger partial charge on any atom is 0.0751 e. The van der Waals surface area contributed by atoms with Crippen molar-refractivity contribution < 1.29 is 4.74 Å². The van der Waals surface area contributed by atoms with E-state index in [-0.39, 0.29) is 0 Å². The molecule has 1 saturated carbocycles. The first-order valence-corrected chi connectivity index (χ1v) is 8.83. The van der Waals surface area contributed by atoms with Gasteiger partial charge in [-0.1, -0.05) is 12.8 Å². The third-order valence-electron chi connectivity index (χ3n) is 4.31. The standard InChI is InChI=1S/C17H25NOS/c1-13-6-9-15(19-13)12-18-14-7-10-17(11-8-14)20-16-4-2-3-5-16/h7-8,10-11,13,15-16,18H,2-6,9,12H2,1H3. The van der Waals surface area contributed by atoms with Crippen molar-refractivity contribution in [1.29, 1.82) is 0 Å². The second-order valence-corrected chi connectivity index (χ2v) is 7.45. The average Bonchev–Trinajstić information content (AvgIpc) is 3.10. The summed E-state index contributed by atoms with van der Waals surface area (Å²) in [5, 5.41) is 4.34. The molecule has 2 atom stereocenters. The Morgan fingerprint density at radius 2 is 1.85 bits per heavy atom. The minimum atomic E-state index is 0.387. The molecule has 0 bridgehead atoms. The Balaban J connectivity index is 1.46. The van der Waals surface area contributed by atoms with Gasteiger partial charge in [0.2, 0.25) is 0 Å². The second kappa shape index (κ2) is 6.86. The normalized spacial score (nSPS) is 27.1. The highest BCUT2D eigenvalue weighted by atomic mass is 32.2. The fraction of sp³-hybridized carbons (Fsp3) is 0.647. The Morgan fingerprint density at radius 1 is 1.10 bits per heavy atom. The van der Waals surface area contributed by atoms with Crippen LogP contribution in [0.4, 0.5) is 5.69 Å². The van der Waals surface area contributed by atoms with E-state index < -0.39 is 0 Å². The molecule has 2 unspecified atom stereocenters. The first-order chi connectivity index (χ1) is 9.79. The van der Waals surface area contributed by atoms with Gasteiger partial charge in [-0.15, -0.1) is 11.8 Å². The Bertz CT molecular complexity index is 414. The molecule has 2 fully saturated rings. The lowest BCUT2D eigenvalue weighted by Crippen LogP contribution is -2.19. The monoisotopic (exact) mass is 291 g/mol. The van der Waals surface area contributed by atoms with E-state index in [2.05, 4.69) is 48.3 Å². The smallest absolute Gasteiger partial charge is 0.0751 e. The molecule has 1 aliphatic carbocycles. The van der Waals surface area contributed by atoms with Gasteiger partial charge >= 0.3 is 0 Å². The van der Waals surface area contributed by atoms with Crippen molar-refractivity contribution in [3.05, 3.63) is 24.3 Å². The summed E-state index contributed by atoms with van der Waals surface area (Å²) < 4.78 is 5.83. The Morgan fingerprint density at radius 3 is 2.50 bits per heavy atom. The van der Waals surface area contributed by atoms with Crippen molar-refractivity contribution in [2.75, 3.05) is 11.9 Å². The highest BCUT2D eigenvalue weighted by Crippen LogP contribution is 2.35. The summed E-state index contributed by atoms with van der Waals surface area (Å²) in [6.07, 6.45) is 8.81. The zero-order valence-corrected chi connectivity index (χ0v) is 13.1. The van der Waals surface area contributed by atoms with Crippen molar-refractivity contribution >= 4 is 17.4 Å². The molecule has 1 saturated heterocycles. The van der Waals surface area contributed by atoms with Crippen molar-refractivity contribution in [3.8, 4) is 0 Å². The molecule has 0 amide bonds. The quantitative estimate of drug-likeness (QED) is 0.849.